The number of aliphatic hydroxyl groups is 1. The van der Waals surface area contributed by atoms with E-state index in [1.807, 2.05) is 86.6 Å². The Labute approximate surface area is 236 Å². The molecule has 9 nitrogen and oxygen atoms in total. The maximum Gasteiger partial charge on any atom is 0.407 e. The number of halogens is 1. The molecule has 0 unspecified atom stereocenters. The Balaban J connectivity index is 0.00000533. The van der Waals surface area contributed by atoms with Crippen molar-refractivity contribution in [2.24, 2.45) is 11.8 Å². The summed E-state index contributed by atoms with van der Waals surface area (Å²) in [5, 5.41) is 18.2. The zero-order chi connectivity index (χ0) is 27.5. The molecule has 3 aromatic rings. The highest BCUT2D eigenvalue weighted by Crippen LogP contribution is 2.17. The first-order valence-corrected chi connectivity index (χ1v) is 12.6. The van der Waals surface area contributed by atoms with Crippen LogP contribution in [0.1, 0.15) is 25.0 Å². The van der Waals surface area contributed by atoms with Crippen LogP contribution in [-0.2, 0) is 22.5 Å². The lowest BCUT2D eigenvalue weighted by Gasteiger charge is -2.30. The van der Waals surface area contributed by atoms with E-state index in [4.69, 9.17) is 5.84 Å². The van der Waals surface area contributed by atoms with Gasteiger partial charge in [0.25, 0.3) is 0 Å². The summed E-state index contributed by atoms with van der Waals surface area (Å²) in [5.74, 6) is 5.69. The molecule has 0 radical (unpaired) electrons. The zero-order valence-corrected chi connectivity index (χ0v) is 23.3. The van der Waals surface area contributed by atoms with Crippen molar-refractivity contribution in [3.63, 3.8) is 0 Å². The highest BCUT2D eigenvalue weighted by Gasteiger charge is 2.30. The van der Waals surface area contributed by atoms with Gasteiger partial charge in [-0.25, -0.2) is 9.80 Å². The summed E-state index contributed by atoms with van der Waals surface area (Å²) in [5.41, 5.74) is 3.82. The fourth-order valence-corrected chi connectivity index (χ4v) is 4.13. The maximum atomic E-state index is 13.1. The predicted molar refractivity (Wildman–Crippen MR) is 154 cm³/mol. The van der Waals surface area contributed by atoms with Gasteiger partial charge in [-0.3, -0.25) is 15.6 Å². The molecule has 0 saturated heterocycles. The summed E-state index contributed by atoms with van der Waals surface area (Å²) < 4.78 is 4.66. The van der Waals surface area contributed by atoms with Crippen LogP contribution in [0.4, 0.5) is 4.79 Å². The van der Waals surface area contributed by atoms with Crippen LogP contribution in [0.25, 0.3) is 11.3 Å². The second kappa shape index (κ2) is 15.8. The second-order valence-electron chi connectivity index (χ2n) is 9.57. The molecular weight excluding hydrogens is 518 g/mol. The average Bonchev–Trinajstić information content (AvgIpc) is 2.92. The molecule has 39 heavy (non-hydrogen) atoms. The van der Waals surface area contributed by atoms with E-state index in [2.05, 4.69) is 20.4 Å². The van der Waals surface area contributed by atoms with E-state index >= 15 is 0 Å². The summed E-state index contributed by atoms with van der Waals surface area (Å²) in [6, 6.07) is 21.8. The molecule has 0 bridgehead atoms. The van der Waals surface area contributed by atoms with E-state index in [-0.39, 0.29) is 24.9 Å². The molecule has 10 heteroatoms. The summed E-state index contributed by atoms with van der Waals surface area (Å²) in [7, 11) is 1.24. The van der Waals surface area contributed by atoms with E-state index in [1.54, 1.807) is 6.20 Å². The molecular formula is C29H38ClN5O4. The van der Waals surface area contributed by atoms with Crippen LogP contribution in [0.3, 0.4) is 0 Å². The molecule has 3 atom stereocenters. The number of amides is 2. The van der Waals surface area contributed by atoms with E-state index < -0.39 is 30.2 Å². The number of carbonyl (C=O) groups is 2. The van der Waals surface area contributed by atoms with Gasteiger partial charge in [0.05, 0.1) is 24.9 Å². The van der Waals surface area contributed by atoms with Crippen LogP contribution in [0.5, 0.6) is 0 Å². The lowest BCUT2D eigenvalue weighted by molar-refractivity contribution is -0.125. The van der Waals surface area contributed by atoms with Crippen molar-refractivity contribution in [1.29, 1.82) is 0 Å². The minimum absolute atomic E-state index is 0. The Hall–Kier alpha value is -3.50. The van der Waals surface area contributed by atoms with Crippen molar-refractivity contribution in [3.05, 3.63) is 90.1 Å². The Kier molecular flexibility index (Phi) is 12.9. The summed E-state index contributed by atoms with van der Waals surface area (Å²) in [4.78, 5) is 29.3. The number of ether oxygens (including phenoxy) is 1. The smallest absolute Gasteiger partial charge is 0.407 e. The Morgan fingerprint density at radius 1 is 0.974 bits per heavy atom. The van der Waals surface area contributed by atoms with Crippen LogP contribution in [0, 0.1) is 5.92 Å². The van der Waals surface area contributed by atoms with Crippen LogP contribution in [0.2, 0.25) is 0 Å². The highest BCUT2D eigenvalue weighted by atomic mass is 35.5. The first-order chi connectivity index (χ1) is 18.3. The minimum Gasteiger partial charge on any atom is -0.453 e. The lowest BCUT2D eigenvalue weighted by Crippen LogP contribution is -2.56. The van der Waals surface area contributed by atoms with Gasteiger partial charge in [-0.05, 0) is 35.6 Å². The molecule has 0 aliphatic rings. The van der Waals surface area contributed by atoms with Gasteiger partial charge >= 0.3 is 6.09 Å². The number of rotatable bonds is 12. The number of hydrogen-bond donors (Lipinski definition) is 4. The molecule has 1 aromatic heterocycles. The first kappa shape index (κ1) is 31.7. The Bertz CT molecular complexity index is 1150. The predicted octanol–water partition coefficient (Wildman–Crippen LogP) is 3.32. The van der Waals surface area contributed by atoms with Crippen LogP contribution in [0.15, 0.2) is 79.0 Å². The monoisotopic (exact) mass is 555 g/mol. The number of nitrogens with zero attached hydrogens (tertiary/aromatic N) is 2. The third-order valence-corrected chi connectivity index (χ3v) is 6.22. The van der Waals surface area contributed by atoms with Crippen molar-refractivity contribution in [1.82, 2.24) is 20.6 Å². The molecule has 210 valence electrons. The fraction of sp³-hybridized carbons (Fsp3) is 0.345. The van der Waals surface area contributed by atoms with Crippen molar-refractivity contribution in [2.45, 2.75) is 45.0 Å². The molecule has 1 heterocycles. The van der Waals surface area contributed by atoms with Gasteiger partial charge in [0.1, 0.15) is 6.04 Å². The molecule has 2 amide bonds. The third-order valence-electron chi connectivity index (χ3n) is 6.22. The number of alkyl carbamates (subject to hydrolysis) is 1. The second-order valence-corrected chi connectivity index (χ2v) is 9.57. The Morgan fingerprint density at radius 3 is 2.23 bits per heavy atom. The minimum atomic E-state index is -0.970. The molecule has 0 aliphatic heterocycles. The number of hydrogen-bond acceptors (Lipinski definition) is 7. The number of nitrogens with two attached hydrogens (primary N) is 1. The molecule has 3 rings (SSSR count). The SMILES string of the molecule is COC(=O)N[C@H](C(=O)N[C@@H](Cc1ccccc1)[C@@H](O)CN(N)Cc1ccc(-c2ccccn2)cc1)C(C)C.Cl. The van der Waals surface area contributed by atoms with Gasteiger partial charge in [0.2, 0.25) is 5.91 Å². The quantitative estimate of drug-likeness (QED) is 0.199. The average molecular weight is 556 g/mol. The number of methoxy groups -OCH3 is 1. The van der Waals surface area contributed by atoms with Gasteiger partial charge in [-0.15, -0.1) is 12.4 Å². The van der Waals surface area contributed by atoms with Gasteiger partial charge in [-0.2, -0.15) is 0 Å². The number of aliphatic hydroxyl groups excluding tert-OH is 1. The summed E-state index contributed by atoms with van der Waals surface area (Å²) >= 11 is 0. The van der Waals surface area contributed by atoms with Crippen LogP contribution < -0.4 is 16.5 Å². The molecule has 0 aliphatic carbocycles. The molecule has 2 aromatic carbocycles. The largest absolute Gasteiger partial charge is 0.453 e. The summed E-state index contributed by atoms with van der Waals surface area (Å²) in [6.45, 7) is 4.17. The normalized spacial score (nSPS) is 13.2. The van der Waals surface area contributed by atoms with Crippen molar-refractivity contribution >= 4 is 24.4 Å². The molecule has 0 saturated carbocycles. The fourth-order valence-electron chi connectivity index (χ4n) is 4.13. The van der Waals surface area contributed by atoms with Crippen molar-refractivity contribution in [2.75, 3.05) is 13.7 Å². The van der Waals surface area contributed by atoms with Gasteiger partial charge in [0, 0.05) is 24.8 Å². The zero-order valence-electron chi connectivity index (χ0n) is 22.5. The maximum absolute atomic E-state index is 13.1. The lowest BCUT2D eigenvalue weighted by atomic mass is 9.98. The highest BCUT2D eigenvalue weighted by molar-refractivity contribution is 5.86. The number of nitrogens with one attached hydrogen (secondary N) is 2. The number of carbonyl (C=O) groups excluding carboxylic acids is 2. The van der Waals surface area contributed by atoms with Gasteiger partial charge < -0.3 is 20.5 Å². The summed E-state index contributed by atoms with van der Waals surface area (Å²) in [6.07, 6.45) is 0.485. The molecule has 5 N–H and O–H groups in total. The van der Waals surface area contributed by atoms with Crippen LogP contribution in [-0.4, -0.2) is 58.9 Å². The number of hydrazine groups is 1. The number of benzene rings is 2. The van der Waals surface area contributed by atoms with Crippen LogP contribution >= 0.6 is 12.4 Å². The van der Waals surface area contributed by atoms with Crippen molar-refractivity contribution < 1.29 is 19.4 Å². The number of aromatic nitrogens is 1. The topological polar surface area (TPSA) is 130 Å². The third kappa shape index (κ3) is 9.96. The van der Waals surface area contributed by atoms with Gasteiger partial charge in [-0.1, -0.05) is 74.5 Å². The molecule has 0 spiro atoms. The van der Waals surface area contributed by atoms with E-state index in [9.17, 15) is 14.7 Å². The first-order valence-electron chi connectivity index (χ1n) is 12.6. The number of pyridine rings is 1. The van der Waals surface area contributed by atoms with E-state index in [0.29, 0.717) is 13.0 Å². The van der Waals surface area contributed by atoms with Gasteiger partial charge in [0.15, 0.2) is 0 Å². The van der Waals surface area contributed by atoms with Crippen molar-refractivity contribution in [3.8, 4) is 11.3 Å². The standard InChI is InChI=1S/C29H37N5O4.ClH/c1-20(2)27(33-29(37)38-3)28(36)32-25(17-21-9-5-4-6-10-21)26(35)19-34(30)18-22-12-14-23(15-13-22)24-11-7-8-16-31-24;/h4-16,20,25-27,35H,17-19,30H2,1-3H3,(H,32,36)(H,33,37);1H/t25-,26-,27-;/m0./s1. The molecule has 0 fully saturated rings. The van der Waals surface area contributed by atoms with E-state index in [0.717, 1.165) is 22.4 Å². The van der Waals surface area contributed by atoms with E-state index in [1.165, 1.54) is 12.1 Å². The Morgan fingerprint density at radius 2 is 1.64 bits per heavy atom.